The first-order chi connectivity index (χ1) is 9.16. The van der Waals surface area contributed by atoms with Crippen molar-refractivity contribution in [3.63, 3.8) is 0 Å². The van der Waals surface area contributed by atoms with Gasteiger partial charge >= 0.3 is 0 Å². The van der Waals surface area contributed by atoms with Gasteiger partial charge in [-0.15, -0.1) is 0 Å². The van der Waals surface area contributed by atoms with Crippen LogP contribution in [0.3, 0.4) is 0 Å². The van der Waals surface area contributed by atoms with Gasteiger partial charge in [0.25, 0.3) is 15.0 Å². The Bertz CT molecular complexity index is 636. The highest BCUT2D eigenvalue weighted by Crippen LogP contribution is 2.51. The molecule has 8 heteroatoms. The van der Waals surface area contributed by atoms with E-state index in [0.717, 1.165) is 6.42 Å². The maximum atomic E-state index is 12.1. The second kappa shape index (κ2) is 5.04. The van der Waals surface area contributed by atoms with Crippen LogP contribution in [0.25, 0.3) is 0 Å². The lowest BCUT2D eigenvalue weighted by atomic mass is 10.1. The SMILES string of the molecule is CCc1[nH]nc(C(=O)NCC2CC2(C)C)c1S(=O)(=O)Cl. The summed E-state index contributed by atoms with van der Waals surface area (Å²) in [6, 6.07) is 0. The zero-order valence-electron chi connectivity index (χ0n) is 11.7. The zero-order valence-corrected chi connectivity index (χ0v) is 13.2. The van der Waals surface area contributed by atoms with Gasteiger partial charge in [-0.2, -0.15) is 5.10 Å². The van der Waals surface area contributed by atoms with Gasteiger partial charge in [0.2, 0.25) is 0 Å². The number of aryl methyl sites for hydroxylation is 1. The number of hydrogen-bond acceptors (Lipinski definition) is 4. The van der Waals surface area contributed by atoms with E-state index in [1.54, 1.807) is 6.92 Å². The molecule has 1 heterocycles. The summed E-state index contributed by atoms with van der Waals surface area (Å²) in [5.41, 5.74) is 0.432. The highest BCUT2D eigenvalue weighted by molar-refractivity contribution is 8.13. The number of aromatic amines is 1. The molecule has 1 fully saturated rings. The van der Waals surface area contributed by atoms with Gasteiger partial charge in [-0.05, 0) is 24.2 Å². The molecule has 0 bridgehead atoms. The maximum Gasteiger partial charge on any atom is 0.273 e. The summed E-state index contributed by atoms with van der Waals surface area (Å²) in [5.74, 6) is -0.0880. The van der Waals surface area contributed by atoms with E-state index in [-0.39, 0.29) is 16.0 Å². The second-order valence-corrected chi connectivity index (χ2v) is 8.27. The number of halogens is 1. The van der Waals surface area contributed by atoms with Gasteiger partial charge in [-0.3, -0.25) is 9.89 Å². The van der Waals surface area contributed by atoms with E-state index < -0.39 is 15.0 Å². The van der Waals surface area contributed by atoms with E-state index >= 15 is 0 Å². The molecular weight excluding hydrogens is 302 g/mol. The minimum atomic E-state index is -4.01. The van der Waals surface area contributed by atoms with Crippen LogP contribution >= 0.6 is 10.7 Å². The summed E-state index contributed by atoms with van der Waals surface area (Å²) in [7, 11) is 1.38. The largest absolute Gasteiger partial charge is 0.350 e. The molecular formula is C12H18ClN3O3S. The minimum absolute atomic E-state index is 0.157. The fourth-order valence-corrected chi connectivity index (χ4v) is 3.60. The molecule has 1 aliphatic carbocycles. The van der Waals surface area contributed by atoms with E-state index in [0.29, 0.717) is 24.6 Å². The van der Waals surface area contributed by atoms with Crippen molar-refractivity contribution in [2.45, 2.75) is 38.5 Å². The average Bonchev–Trinajstić information content (AvgIpc) is 2.77. The fourth-order valence-electron chi connectivity index (χ4n) is 2.25. The summed E-state index contributed by atoms with van der Waals surface area (Å²) in [6.45, 7) is 6.53. The monoisotopic (exact) mass is 319 g/mol. The van der Waals surface area contributed by atoms with Crippen molar-refractivity contribution in [3.05, 3.63) is 11.4 Å². The van der Waals surface area contributed by atoms with Crippen LogP contribution in [0.15, 0.2) is 4.90 Å². The van der Waals surface area contributed by atoms with Crippen LogP contribution in [0, 0.1) is 11.3 Å². The van der Waals surface area contributed by atoms with E-state index in [2.05, 4.69) is 29.4 Å². The Morgan fingerprint density at radius 2 is 2.15 bits per heavy atom. The number of aromatic nitrogens is 2. The Labute approximate surface area is 122 Å². The number of carbonyl (C=O) groups excluding carboxylic acids is 1. The van der Waals surface area contributed by atoms with Crippen molar-refractivity contribution in [2.24, 2.45) is 11.3 Å². The molecule has 2 N–H and O–H groups in total. The first kappa shape index (κ1) is 15.3. The third-order valence-electron chi connectivity index (χ3n) is 3.83. The smallest absolute Gasteiger partial charge is 0.273 e. The van der Waals surface area contributed by atoms with E-state index in [1.165, 1.54) is 0 Å². The third-order valence-corrected chi connectivity index (χ3v) is 5.22. The summed E-state index contributed by atoms with van der Waals surface area (Å²) in [5, 5.41) is 9.07. The number of nitrogens with zero attached hydrogens (tertiary/aromatic N) is 1. The van der Waals surface area contributed by atoms with Crippen LogP contribution in [0.1, 0.15) is 43.4 Å². The van der Waals surface area contributed by atoms with Crippen LogP contribution in [0.2, 0.25) is 0 Å². The fraction of sp³-hybridized carbons (Fsp3) is 0.667. The number of amides is 1. The molecule has 1 aromatic heterocycles. The predicted octanol–water partition coefficient (Wildman–Crippen LogP) is 1.68. The van der Waals surface area contributed by atoms with Gasteiger partial charge < -0.3 is 5.32 Å². The molecule has 1 aromatic rings. The lowest BCUT2D eigenvalue weighted by Crippen LogP contribution is -2.28. The molecule has 0 radical (unpaired) electrons. The first-order valence-corrected chi connectivity index (χ1v) is 8.78. The van der Waals surface area contributed by atoms with Crippen LogP contribution in [0.5, 0.6) is 0 Å². The Hall–Kier alpha value is -1.08. The van der Waals surface area contributed by atoms with Gasteiger partial charge in [0.15, 0.2) is 5.69 Å². The normalized spacial score (nSPS) is 20.7. The number of H-pyrrole nitrogens is 1. The summed E-state index contributed by atoms with van der Waals surface area (Å²) < 4.78 is 23.2. The van der Waals surface area contributed by atoms with Crippen molar-refractivity contribution in [2.75, 3.05) is 6.54 Å². The van der Waals surface area contributed by atoms with E-state index in [4.69, 9.17) is 10.7 Å². The van der Waals surface area contributed by atoms with E-state index in [1.807, 2.05) is 0 Å². The molecule has 20 heavy (non-hydrogen) atoms. The third kappa shape index (κ3) is 2.98. The second-order valence-electron chi connectivity index (χ2n) is 5.77. The number of rotatable bonds is 5. The highest BCUT2D eigenvalue weighted by Gasteiger charge is 2.45. The summed E-state index contributed by atoms with van der Waals surface area (Å²) in [6.07, 6.45) is 1.45. The zero-order chi connectivity index (χ0) is 15.1. The van der Waals surface area contributed by atoms with Crippen molar-refractivity contribution >= 4 is 25.6 Å². The molecule has 1 aliphatic rings. The van der Waals surface area contributed by atoms with Gasteiger partial charge in [0, 0.05) is 17.2 Å². The van der Waals surface area contributed by atoms with Crippen molar-refractivity contribution < 1.29 is 13.2 Å². The number of carbonyl (C=O) groups is 1. The molecule has 1 saturated carbocycles. The Balaban J connectivity index is 2.16. The number of nitrogens with one attached hydrogen (secondary N) is 2. The topological polar surface area (TPSA) is 91.9 Å². The molecule has 0 spiro atoms. The Morgan fingerprint density at radius 1 is 1.55 bits per heavy atom. The van der Waals surface area contributed by atoms with Gasteiger partial charge in [0.1, 0.15) is 4.90 Å². The molecule has 1 unspecified atom stereocenters. The Morgan fingerprint density at radius 3 is 2.60 bits per heavy atom. The molecule has 2 rings (SSSR count). The Kier molecular flexibility index (Phi) is 3.85. The van der Waals surface area contributed by atoms with Crippen molar-refractivity contribution in [3.8, 4) is 0 Å². The molecule has 0 saturated heterocycles. The molecule has 1 atom stereocenters. The van der Waals surface area contributed by atoms with Crippen molar-refractivity contribution in [1.29, 1.82) is 0 Å². The molecule has 0 aliphatic heterocycles. The maximum absolute atomic E-state index is 12.1. The minimum Gasteiger partial charge on any atom is -0.350 e. The average molecular weight is 320 g/mol. The molecule has 0 aromatic carbocycles. The summed E-state index contributed by atoms with van der Waals surface area (Å²) >= 11 is 0. The molecule has 1 amide bonds. The predicted molar refractivity (Wildman–Crippen MR) is 75.2 cm³/mol. The number of hydrogen-bond donors (Lipinski definition) is 2. The lowest BCUT2D eigenvalue weighted by Gasteiger charge is -2.06. The van der Waals surface area contributed by atoms with Gasteiger partial charge in [-0.1, -0.05) is 20.8 Å². The van der Waals surface area contributed by atoms with Gasteiger partial charge in [0.05, 0.1) is 5.69 Å². The van der Waals surface area contributed by atoms with Crippen LogP contribution in [0.4, 0.5) is 0 Å². The quantitative estimate of drug-likeness (QED) is 0.808. The van der Waals surface area contributed by atoms with Crippen LogP contribution in [-0.4, -0.2) is 31.1 Å². The first-order valence-electron chi connectivity index (χ1n) is 6.47. The van der Waals surface area contributed by atoms with Crippen LogP contribution in [-0.2, 0) is 15.5 Å². The van der Waals surface area contributed by atoms with Crippen LogP contribution < -0.4 is 5.32 Å². The highest BCUT2D eigenvalue weighted by atomic mass is 35.7. The standard InChI is InChI=1S/C12H18ClN3O3S/c1-4-8-10(20(13,18)19)9(16-15-8)11(17)14-6-7-5-12(7,2)3/h7H,4-6H2,1-3H3,(H,14,17)(H,15,16). The van der Waals surface area contributed by atoms with E-state index in [9.17, 15) is 13.2 Å². The summed E-state index contributed by atoms with van der Waals surface area (Å²) in [4.78, 5) is 11.9. The molecule has 6 nitrogen and oxygen atoms in total. The van der Waals surface area contributed by atoms with Gasteiger partial charge in [-0.25, -0.2) is 8.42 Å². The lowest BCUT2D eigenvalue weighted by molar-refractivity contribution is 0.0942. The van der Waals surface area contributed by atoms with Crippen molar-refractivity contribution in [1.82, 2.24) is 15.5 Å². The molecule has 112 valence electrons.